The molecule has 0 atom stereocenters. The number of amides is 1. The summed E-state index contributed by atoms with van der Waals surface area (Å²) in [5, 5.41) is 2.57. The van der Waals surface area contributed by atoms with Gasteiger partial charge in [0.1, 0.15) is 5.60 Å². The molecule has 0 saturated carbocycles. The lowest BCUT2D eigenvalue weighted by molar-refractivity contribution is -0.142. The maximum atomic E-state index is 12.1. The molecule has 0 heterocycles. The van der Waals surface area contributed by atoms with Crippen LogP contribution in [-0.4, -0.2) is 36.6 Å². The van der Waals surface area contributed by atoms with E-state index < -0.39 is 17.7 Å². The lowest BCUT2D eigenvalue weighted by Crippen LogP contribution is -2.33. The summed E-state index contributed by atoms with van der Waals surface area (Å²) in [5.41, 5.74) is 1.10. The lowest BCUT2D eigenvalue weighted by Gasteiger charge is -2.19. The van der Waals surface area contributed by atoms with Gasteiger partial charge in [0.15, 0.2) is 12.4 Å². The van der Waals surface area contributed by atoms with Crippen LogP contribution in [0.25, 0.3) is 0 Å². The van der Waals surface area contributed by atoms with Gasteiger partial charge in [-0.25, -0.2) is 4.79 Å². The molecule has 6 heteroatoms. The average molecular weight is 377 g/mol. The number of rotatable bonds is 7. The Morgan fingerprint density at radius 2 is 1.56 bits per heavy atom. The van der Waals surface area contributed by atoms with Gasteiger partial charge in [-0.1, -0.05) is 45.0 Å². The van der Waals surface area contributed by atoms with Crippen LogP contribution >= 0.6 is 0 Å². The van der Waals surface area contributed by atoms with Gasteiger partial charge in [-0.05, 0) is 38.2 Å². The number of Topliss-reactive ketones (excluding diaryl/α,β-unsaturated/α-hetero) is 1. The van der Waals surface area contributed by atoms with Crippen molar-refractivity contribution < 1.29 is 23.9 Å². The minimum atomic E-state index is -0.561. The van der Waals surface area contributed by atoms with Crippen molar-refractivity contribution in [3.63, 3.8) is 0 Å². The summed E-state index contributed by atoms with van der Waals surface area (Å²) in [7, 11) is 0. The molecule has 0 saturated heterocycles. The maximum absolute atomic E-state index is 12.1. The molecule has 0 spiro atoms. The topological polar surface area (TPSA) is 81.7 Å². The van der Waals surface area contributed by atoms with Crippen LogP contribution in [0.3, 0.4) is 0 Å². The van der Waals surface area contributed by atoms with Crippen LogP contribution in [0.4, 0.5) is 4.79 Å². The minimum absolute atomic E-state index is 0.0153. The second-order valence-electron chi connectivity index (χ2n) is 8.44. The molecule has 1 N–H and O–H groups in total. The number of alkyl carbamates (subject to hydrolysis) is 1. The van der Waals surface area contributed by atoms with E-state index in [1.165, 1.54) is 0 Å². The van der Waals surface area contributed by atoms with Gasteiger partial charge in [-0.3, -0.25) is 9.59 Å². The van der Waals surface area contributed by atoms with Crippen molar-refractivity contribution in [2.24, 2.45) is 0 Å². The Balaban J connectivity index is 2.30. The Morgan fingerprint density at radius 3 is 2.07 bits per heavy atom. The van der Waals surface area contributed by atoms with Crippen molar-refractivity contribution in [3.05, 3.63) is 35.4 Å². The number of benzene rings is 1. The third-order valence-corrected chi connectivity index (χ3v) is 3.66. The highest BCUT2D eigenvalue weighted by Gasteiger charge is 2.16. The quantitative estimate of drug-likeness (QED) is 0.441. The zero-order chi connectivity index (χ0) is 20.7. The average Bonchev–Trinajstić information content (AvgIpc) is 2.54. The molecular formula is C21H31NO5. The van der Waals surface area contributed by atoms with Crippen molar-refractivity contribution >= 4 is 17.8 Å². The monoisotopic (exact) mass is 377 g/mol. The van der Waals surface area contributed by atoms with Crippen molar-refractivity contribution in [1.82, 2.24) is 5.32 Å². The van der Waals surface area contributed by atoms with E-state index in [9.17, 15) is 14.4 Å². The van der Waals surface area contributed by atoms with Gasteiger partial charge >= 0.3 is 12.1 Å². The summed E-state index contributed by atoms with van der Waals surface area (Å²) in [6.07, 6.45) is 0.00299. The molecular weight excluding hydrogens is 346 g/mol. The Labute approximate surface area is 161 Å². The Bertz CT molecular complexity index is 651. The molecule has 1 rings (SSSR count). The van der Waals surface area contributed by atoms with Gasteiger partial charge < -0.3 is 14.8 Å². The van der Waals surface area contributed by atoms with Gasteiger partial charge in [-0.2, -0.15) is 0 Å². The summed E-state index contributed by atoms with van der Waals surface area (Å²) in [4.78, 5) is 35.3. The molecule has 6 nitrogen and oxygen atoms in total. The van der Waals surface area contributed by atoms with Crippen molar-refractivity contribution in [1.29, 1.82) is 0 Å². The highest BCUT2D eigenvalue weighted by molar-refractivity contribution is 5.97. The predicted molar refractivity (Wildman–Crippen MR) is 104 cm³/mol. The van der Waals surface area contributed by atoms with Crippen LogP contribution in [0, 0.1) is 0 Å². The molecule has 0 bridgehead atoms. The van der Waals surface area contributed by atoms with Crippen molar-refractivity contribution in [2.75, 3.05) is 13.2 Å². The molecule has 0 aliphatic heterocycles. The molecule has 0 fully saturated rings. The smallest absolute Gasteiger partial charge is 0.407 e. The van der Waals surface area contributed by atoms with Crippen LogP contribution in [0.5, 0.6) is 0 Å². The van der Waals surface area contributed by atoms with E-state index >= 15 is 0 Å². The first-order valence-electron chi connectivity index (χ1n) is 9.15. The second-order valence-corrected chi connectivity index (χ2v) is 8.44. The largest absolute Gasteiger partial charge is 0.457 e. The third-order valence-electron chi connectivity index (χ3n) is 3.66. The number of carbonyl (C=O) groups is 3. The number of hydrogen-bond acceptors (Lipinski definition) is 5. The van der Waals surface area contributed by atoms with E-state index in [0.717, 1.165) is 5.56 Å². The van der Waals surface area contributed by atoms with E-state index in [4.69, 9.17) is 9.47 Å². The molecule has 1 aromatic rings. The first-order chi connectivity index (χ1) is 12.4. The van der Waals surface area contributed by atoms with E-state index in [1.807, 2.05) is 12.1 Å². The Kier molecular flexibility index (Phi) is 8.00. The fourth-order valence-corrected chi connectivity index (χ4v) is 2.20. The maximum Gasteiger partial charge on any atom is 0.407 e. The summed E-state index contributed by atoms with van der Waals surface area (Å²) < 4.78 is 10.1. The van der Waals surface area contributed by atoms with E-state index in [0.29, 0.717) is 18.5 Å². The molecule has 0 radical (unpaired) electrons. The number of carbonyl (C=O) groups excluding carboxylic acids is 3. The number of ether oxygens (including phenoxy) is 2. The minimum Gasteiger partial charge on any atom is -0.457 e. The summed E-state index contributed by atoms with van der Waals surface area (Å²) in [5.74, 6) is -0.712. The van der Waals surface area contributed by atoms with Gasteiger partial charge in [-0.15, -0.1) is 0 Å². The molecule has 0 aliphatic carbocycles. The number of ketones is 1. The van der Waals surface area contributed by atoms with Crippen molar-refractivity contribution in [3.8, 4) is 0 Å². The number of esters is 1. The van der Waals surface area contributed by atoms with Gasteiger partial charge in [0, 0.05) is 18.5 Å². The molecule has 150 valence electrons. The fraction of sp³-hybridized carbons (Fsp3) is 0.571. The SMILES string of the molecule is CC(C)(C)OC(=O)NCCCC(=O)OCC(=O)c1ccc(C(C)(C)C)cc1. The van der Waals surface area contributed by atoms with Gasteiger partial charge in [0.25, 0.3) is 0 Å². The number of nitrogens with one attached hydrogen (secondary N) is 1. The molecule has 0 aliphatic rings. The Hall–Kier alpha value is -2.37. The van der Waals surface area contributed by atoms with Crippen molar-refractivity contribution in [2.45, 2.75) is 65.4 Å². The standard InChI is InChI=1S/C21H31NO5/c1-20(2,3)16-11-9-15(10-12-16)17(23)14-26-18(24)8-7-13-22-19(25)27-21(4,5)6/h9-12H,7-8,13-14H2,1-6H3,(H,22,25). The first kappa shape index (κ1) is 22.7. The molecule has 0 unspecified atom stereocenters. The van der Waals surface area contributed by atoms with Crippen LogP contribution in [0.15, 0.2) is 24.3 Å². The van der Waals surface area contributed by atoms with E-state index in [-0.39, 0.29) is 24.2 Å². The first-order valence-corrected chi connectivity index (χ1v) is 9.15. The zero-order valence-corrected chi connectivity index (χ0v) is 17.2. The van der Waals surface area contributed by atoms with Crippen LogP contribution < -0.4 is 5.32 Å². The number of hydrogen-bond donors (Lipinski definition) is 1. The van der Waals surface area contributed by atoms with Crippen LogP contribution in [0.1, 0.15) is 70.3 Å². The second kappa shape index (κ2) is 9.53. The lowest BCUT2D eigenvalue weighted by atomic mass is 9.86. The predicted octanol–water partition coefficient (Wildman–Crippen LogP) is 4.01. The Morgan fingerprint density at radius 1 is 0.963 bits per heavy atom. The fourth-order valence-electron chi connectivity index (χ4n) is 2.20. The van der Waals surface area contributed by atoms with E-state index in [2.05, 4.69) is 26.1 Å². The van der Waals surface area contributed by atoms with Gasteiger partial charge in [0.05, 0.1) is 0 Å². The van der Waals surface area contributed by atoms with Gasteiger partial charge in [0.2, 0.25) is 0 Å². The summed E-state index contributed by atoms with van der Waals surface area (Å²) >= 11 is 0. The van der Waals surface area contributed by atoms with Crippen LogP contribution in [-0.2, 0) is 19.7 Å². The molecule has 1 amide bonds. The summed E-state index contributed by atoms with van der Waals surface area (Å²) in [6.45, 7) is 11.6. The molecule has 27 heavy (non-hydrogen) atoms. The van der Waals surface area contributed by atoms with Crippen LogP contribution in [0.2, 0.25) is 0 Å². The highest BCUT2D eigenvalue weighted by Crippen LogP contribution is 2.22. The zero-order valence-electron chi connectivity index (χ0n) is 17.2. The molecule has 1 aromatic carbocycles. The third kappa shape index (κ3) is 9.22. The van der Waals surface area contributed by atoms with E-state index in [1.54, 1.807) is 32.9 Å². The molecule has 0 aromatic heterocycles. The normalized spacial score (nSPS) is 11.6. The highest BCUT2D eigenvalue weighted by atomic mass is 16.6. The summed E-state index contributed by atoms with van der Waals surface area (Å²) in [6, 6.07) is 7.33.